The molecule has 2 heterocycles. The van der Waals surface area contributed by atoms with E-state index in [1.54, 1.807) is 0 Å². The van der Waals surface area contributed by atoms with Gasteiger partial charge in [0.2, 0.25) is 0 Å². The van der Waals surface area contributed by atoms with Gasteiger partial charge in [0.15, 0.2) is 5.82 Å². The first kappa shape index (κ1) is 32.6. The van der Waals surface area contributed by atoms with Crippen molar-refractivity contribution in [3.63, 3.8) is 0 Å². The molecule has 0 fully saturated rings. The fraction of sp³-hybridized carbons (Fsp3) is 0.0943. The topological polar surface area (TPSA) is 35.0 Å². The molecule has 56 heavy (non-hydrogen) atoms. The third-order valence-corrected chi connectivity index (χ3v) is 12.0. The number of rotatable bonds is 5. The highest BCUT2D eigenvalue weighted by Gasteiger charge is 2.51. The molecule has 1 atom stereocenters. The Balaban J connectivity index is 1.15. The average molecular weight is 719 g/mol. The summed E-state index contributed by atoms with van der Waals surface area (Å²) in [5.41, 5.74) is 15.5. The number of nitrogens with zero attached hydrogens (tertiary/aromatic N) is 2. The van der Waals surface area contributed by atoms with Crippen molar-refractivity contribution in [2.24, 2.45) is 0 Å². The summed E-state index contributed by atoms with van der Waals surface area (Å²) in [6, 6.07) is 54.5. The Hall–Kier alpha value is -6.84. The van der Waals surface area contributed by atoms with Gasteiger partial charge in [0.05, 0.1) is 16.8 Å². The quantitative estimate of drug-likeness (QED) is 0.178. The van der Waals surface area contributed by atoms with Crippen molar-refractivity contribution < 1.29 is 4.74 Å². The number of para-hydroxylation sites is 2. The van der Waals surface area contributed by atoms with Crippen LogP contribution in [0.4, 0.5) is 0 Å². The Morgan fingerprint density at radius 3 is 2.00 bits per heavy atom. The van der Waals surface area contributed by atoms with Gasteiger partial charge in [-0.05, 0) is 64.8 Å². The molecule has 0 amide bonds. The number of hydrogen-bond donors (Lipinski definition) is 0. The number of allylic oxidation sites excluding steroid dienone is 8. The fourth-order valence-corrected chi connectivity index (χ4v) is 9.58. The van der Waals surface area contributed by atoms with Gasteiger partial charge >= 0.3 is 0 Å². The molecule has 1 unspecified atom stereocenters. The fourth-order valence-electron chi connectivity index (χ4n) is 9.58. The molecule has 7 aromatic rings. The molecule has 3 aliphatic carbocycles. The summed E-state index contributed by atoms with van der Waals surface area (Å²) >= 11 is 0. The number of ether oxygens (including phenoxy) is 1. The van der Waals surface area contributed by atoms with Crippen LogP contribution in [0.15, 0.2) is 188 Å². The molecule has 1 spiro atoms. The third-order valence-electron chi connectivity index (χ3n) is 12.0. The zero-order valence-corrected chi connectivity index (χ0v) is 30.9. The van der Waals surface area contributed by atoms with Crippen molar-refractivity contribution >= 4 is 11.1 Å². The summed E-state index contributed by atoms with van der Waals surface area (Å²) in [5.74, 6) is 2.82. The molecule has 0 radical (unpaired) electrons. The van der Waals surface area contributed by atoms with E-state index in [1.807, 2.05) is 0 Å². The van der Waals surface area contributed by atoms with Gasteiger partial charge in [0, 0.05) is 39.3 Å². The molecule has 6 aromatic carbocycles. The normalized spacial score (nSPS) is 16.9. The van der Waals surface area contributed by atoms with Crippen molar-refractivity contribution in [3.8, 4) is 45.1 Å². The Labute approximate surface area is 327 Å². The van der Waals surface area contributed by atoms with Crippen LogP contribution in [0.2, 0.25) is 0 Å². The van der Waals surface area contributed by atoms with Crippen LogP contribution in [0.5, 0.6) is 11.5 Å². The number of aromatic nitrogens is 2. The highest BCUT2D eigenvalue weighted by Crippen LogP contribution is 2.63. The summed E-state index contributed by atoms with van der Waals surface area (Å²) < 4.78 is 7.11. The van der Waals surface area contributed by atoms with Crippen LogP contribution in [0, 0.1) is 0 Å². The first-order valence-electron chi connectivity index (χ1n) is 19.7. The van der Waals surface area contributed by atoms with Crippen LogP contribution < -0.4 is 4.74 Å². The van der Waals surface area contributed by atoms with Gasteiger partial charge in [-0.15, -0.1) is 0 Å². The summed E-state index contributed by atoms with van der Waals surface area (Å²) in [6.45, 7) is 0. The summed E-state index contributed by atoms with van der Waals surface area (Å²) in [7, 11) is 0. The lowest BCUT2D eigenvalue weighted by molar-refractivity contribution is 0.435. The monoisotopic (exact) mass is 718 g/mol. The highest BCUT2D eigenvalue weighted by molar-refractivity contribution is 5.99. The molecular formula is C53H38N2O. The second-order valence-corrected chi connectivity index (χ2v) is 15.0. The van der Waals surface area contributed by atoms with Crippen molar-refractivity contribution in [2.75, 3.05) is 0 Å². The summed E-state index contributed by atoms with van der Waals surface area (Å²) in [4.78, 5) is 10.9. The van der Waals surface area contributed by atoms with Gasteiger partial charge in [-0.1, -0.05) is 176 Å². The summed E-state index contributed by atoms with van der Waals surface area (Å²) in [6.07, 6.45) is 16.1. The first-order valence-corrected chi connectivity index (χ1v) is 19.7. The summed E-state index contributed by atoms with van der Waals surface area (Å²) in [5, 5.41) is 0. The molecule has 1 aromatic heterocycles. The van der Waals surface area contributed by atoms with E-state index in [9.17, 15) is 0 Å². The van der Waals surface area contributed by atoms with Crippen molar-refractivity contribution in [3.05, 3.63) is 227 Å². The molecule has 0 N–H and O–H groups in total. The van der Waals surface area contributed by atoms with E-state index >= 15 is 0 Å². The minimum Gasteiger partial charge on any atom is -0.456 e. The van der Waals surface area contributed by atoms with Crippen molar-refractivity contribution in [1.29, 1.82) is 0 Å². The SMILES string of the molecule is C1=CCC(c2ccccc2-c2cc(-c3ccccc3)nc(C3=C(c4cccc5c4Oc4ccccc4C54c5ccccc5-c5ccccc54)C=CCC3)n2)C=C1. The zero-order chi connectivity index (χ0) is 37.1. The smallest absolute Gasteiger partial charge is 0.157 e. The molecule has 0 saturated carbocycles. The van der Waals surface area contributed by atoms with E-state index < -0.39 is 5.41 Å². The van der Waals surface area contributed by atoms with Crippen LogP contribution in [0.1, 0.15) is 64.4 Å². The lowest BCUT2D eigenvalue weighted by Crippen LogP contribution is -2.32. The van der Waals surface area contributed by atoms with E-state index in [4.69, 9.17) is 14.7 Å². The van der Waals surface area contributed by atoms with Crippen LogP contribution >= 0.6 is 0 Å². The van der Waals surface area contributed by atoms with Crippen LogP contribution in [0.25, 0.3) is 44.8 Å². The third kappa shape index (κ3) is 4.97. The van der Waals surface area contributed by atoms with Crippen molar-refractivity contribution in [2.45, 2.75) is 30.6 Å². The highest BCUT2D eigenvalue weighted by atomic mass is 16.5. The Morgan fingerprint density at radius 2 is 1.21 bits per heavy atom. The van der Waals surface area contributed by atoms with Gasteiger partial charge in [-0.25, -0.2) is 9.97 Å². The molecular weight excluding hydrogens is 681 g/mol. The maximum Gasteiger partial charge on any atom is 0.157 e. The lowest BCUT2D eigenvalue weighted by Gasteiger charge is -2.40. The van der Waals surface area contributed by atoms with E-state index in [-0.39, 0.29) is 5.92 Å². The van der Waals surface area contributed by atoms with Crippen molar-refractivity contribution in [1.82, 2.24) is 9.97 Å². The molecule has 1 aliphatic heterocycles. The number of fused-ring (bicyclic) bond motifs is 9. The molecule has 0 saturated heterocycles. The first-order chi connectivity index (χ1) is 27.8. The van der Waals surface area contributed by atoms with E-state index in [0.717, 1.165) is 81.4 Å². The molecule has 266 valence electrons. The van der Waals surface area contributed by atoms with Crippen LogP contribution in [-0.2, 0) is 5.41 Å². The predicted octanol–water partition coefficient (Wildman–Crippen LogP) is 13.1. The molecule has 0 bridgehead atoms. The maximum absolute atomic E-state index is 7.11. The van der Waals surface area contributed by atoms with E-state index in [0.29, 0.717) is 0 Å². The predicted molar refractivity (Wildman–Crippen MR) is 228 cm³/mol. The second-order valence-electron chi connectivity index (χ2n) is 15.0. The standard InChI is InChI=1S/C53H38N2O/c1-3-18-35(19-4-1)37-22-7-9-26-41(37)49-34-48(36-20-5-2-6-21-36)54-52(55-49)43-27-10-8-23-38(43)42-28-17-32-47-51(42)56-50-33-16-15-31-46(50)53(47)44-29-13-11-24-39(44)40-25-12-14-30-45(40)53/h1-9,11-18,20-26,28-35H,10,19,27H2. The largest absolute Gasteiger partial charge is 0.456 e. The maximum atomic E-state index is 7.11. The second kappa shape index (κ2) is 13.2. The van der Waals surface area contributed by atoms with Crippen LogP contribution in [0.3, 0.4) is 0 Å². The van der Waals surface area contributed by atoms with Gasteiger partial charge in [0.1, 0.15) is 11.5 Å². The molecule has 11 rings (SSSR count). The van der Waals surface area contributed by atoms with Gasteiger partial charge < -0.3 is 4.74 Å². The Morgan fingerprint density at radius 1 is 0.554 bits per heavy atom. The van der Waals surface area contributed by atoms with E-state index in [1.165, 1.54) is 33.4 Å². The zero-order valence-electron chi connectivity index (χ0n) is 30.9. The van der Waals surface area contributed by atoms with E-state index in [2.05, 4.69) is 188 Å². The van der Waals surface area contributed by atoms with Gasteiger partial charge in [-0.2, -0.15) is 0 Å². The molecule has 3 nitrogen and oxygen atoms in total. The Bertz CT molecular complexity index is 2780. The molecule has 3 heteroatoms. The number of benzene rings is 6. The lowest BCUT2D eigenvalue weighted by atomic mass is 9.65. The minimum atomic E-state index is -0.532. The average Bonchev–Trinajstić information content (AvgIpc) is 3.57. The molecule has 4 aliphatic rings. The Kier molecular flexibility index (Phi) is 7.67. The van der Waals surface area contributed by atoms with Gasteiger partial charge in [-0.3, -0.25) is 0 Å². The number of hydrogen-bond acceptors (Lipinski definition) is 3. The van der Waals surface area contributed by atoms with Gasteiger partial charge in [0.25, 0.3) is 0 Å². The minimum absolute atomic E-state index is 0.288. The van der Waals surface area contributed by atoms with Crippen LogP contribution in [-0.4, -0.2) is 9.97 Å².